The highest BCUT2D eigenvalue weighted by atomic mass is 79.9. The third-order valence-corrected chi connectivity index (χ3v) is 64.4. The Bertz CT molecular complexity index is 4470. The molecule has 148 heavy (non-hydrogen) atoms. The van der Waals surface area contributed by atoms with Gasteiger partial charge in [-0.25, -0.2) is 0 Å². The molecule has 19 nitrogen and oxygen atoms in total. The minimum Gasteiger partial charge on any atom is -0.413 e. The third-order valence-electron chi connectivity index (χ3n) is 39.3. The number of carbonyl (C=O) groups excluding carboxylic acids is 3. The van der Waals surface area contributed by atoms with Gasteiger partial charge in [0.05, 0.1) is 83.4 Å². The number of ether oxygens (including phenoxy) is 10. The summed E-state index contributed by atoms with van der Waals surface area (Å²) in [5.41, 5.74) is 9.62. The van der Waals surface area contributed by atoms with Crippen molar-refractivity contribution < 1.29 is 89.0 Å². The molecule has 35 heteroatoms. The van der Waals surface area contributed by atoms with Crippen molar-refractivity contribution in [3.05, 3.63) is 51.7 Å². The van der Waals surface area contributed by atoms with Gasteiger partial charge in [0, 0.05) is 167 Å². The van der Waals surface area contributed by atoms with Crippen LogP contribution < -0.4 is 0 Å². The number of halogens is 1. The minimum atomic E-state index is -1.91. The monoisotopic (exact) mass is 2410 g/mol. The first-order valence-electron chi connectivity index (χ1n) is 55.0. The van der Waals surface area contributed by atoms with Crippen LogP contribution in [0.15, 0.2) is 45.1 Å². The molecule has 0 amide bonds. The summed E-state index contributed by atoms with van der Waals surface area (Å²) in [6.45, 7) is 92.6. The molecule has 5 heterocycles. The van der Waals surface area contributed by atoms with Crippen LogP contribution in [-0.4, -0.2) is 194 Å². The molecule has 2 unspecified atom stereocenters. The van der Waals surface area contributed by atoms with E-state index in [0.29, 0.717) is 118 Å². The maximum atomic E-state index is 12.9. The second kappa shape index (κ2) is 55.6. The molecule has 0 bridgehead atoms. The predicted molar refractivity (Wildman–Crippen MR) is 654 cm³/mol. The van der Waals surface area contributed by atoms with Crippen molar-refractivity contribution in [1.82, 2.24) is 0 Å². The van der Waals surface area contributed by atoms with Crippen LogP contribution in [0.3, 0.4) is 0 Å². The van der Waals surface area contributed by atoms with Crippen molar-refractivity contribution in [2.75, 3.05) is 64.8 Å². The molecule has 6 saturated carbocycles. The standard InChI is InChI=1S/2C23H42O3Si.C22H40O5Si.C22H38O4Si.C16H28O2Si.C6H10BrO2.CH4.S4.S3.S2.H2S/c2*1-17-11-13-22(5)19(18(17)12-14-23(6)24-15-16-25-23)9-10-20(22)26-27(7,8)21(2,3)4;1-19(2,3)28(6,7)27-18-9-8-16-20(18,4)11-10-17(23)22(16,24)13-12-21(5)25-14-15-26-21;1-20(2,3)27(6,7)26-19-9-8-17-16(18(23)11-12-21(17,19)4)10-13-22(5)24-14-15-25-22;1-15(2,3)19(5,6)18-14-8-7-12-11-13(17)9-10-16(12,14)4;1-6(2-3-7)8-4-5-9-6;;1-3-4-2;1-3-2;1-2;/h2*19-20H,9-16H2,1-8H3;16,18,24H,8-15H2,1-7H3;19H,8-15H2,1-7H3;11,14H,7-10H2,1-6H3;4H,2-3,5H2,1H3;1H4;;;;1H2/q;;;;;+1;;;;;/t19?,20-,22-;19-,20-,22-;16-,18+,20+,22-;19-,21-;14-,16-;;;;;;/m00100....../s1. The van der Waals surface area contributed by atoms with E-state index in [1.165, 1.54) is 80.3 Å². The van der Waals surface area contributed by atoms with Crippen molar-refractivity contribution in [3.63, 3.8) is 0 Å². The molecule has 15 atom stereocenters. The summed E-state index contributed by atoms with van der Waals surface area (Å²) >= 11 is 27.6. The van der Waals surface area contributed by atoms with Gasteiger partial charge in [-0.1, -0.05) is 195 Å². The van der Waals surface area contributed by atoms with Crippen LogP contribution in [-0.2, 0) is 178 Å². The van der Waals surface area contributed by atoms with E-state index in [2.05, 4.69) is 315 Å². The van der Waals surface area contributed by atoms with Crippen LogP contribution in [0.2, 0.25) is 90.7 Å². The molecule has 15 aliphatic rings. The maximum Gasteiger partial charge on any atom is 0.259 e. The van der Waals surface area contributed by atoms with E-state index in [1.54, 1.807) is 28.9 Å². The van der Waals surface area contributed by atoms with Gasteiger partial charge in [-0.15, -0.1) is 0 Å². The van der Waals surface area contributed by atoms with Gasteiger partial charge in [-0.3, -0.25) is 14.4 Å². The Morgan fingerprint density at radius 3 is 1.09 bits per heavy atom. The van der Waals surface area contributed by atoms with Crippen LogP contribution in [0.5, 0.6) is 0 Å². The smallest absolute Gasteiger partial charge is 0.259 e. The van der Waals surface area contributed by atoms with Gasteiger partial charge in [0.1, 0.15) is 5.60 Å². The zero-order valence-electron chi connectivity index (χ0n) is 98.2. The number of carbonyl (C=O) groups is 3. The highest BCUT2D eigenvalue weighted by Gasteiger charge is 2.64. The number of hydrogen-bond acceptors (Lipinski definition) is 25. The SMILES string of the molecule is C.CC(C)(C)[Si](C)(C)O[C@H]1CCC2=CC(=O)CC[C@@]21C.CC1(CCBr)O[CH+]CO1.CC1(CCC2=C3CC[C@H](O[Si](C)(C)C(C)(C)C)[C@@]3(C)CCC2=O)OCCO1.CC1(CC[C@]2(O)C(=O)CC[C@]3(C)[C@@H](O[Si](C)(C)C(C)(C)C)CC[C@H]32)OCCO1.CC1=C(CCC2(C)OCCO2)C2CC[C@H](O[Si](C)(C)C(C)(C)C)[C@@]2(C)CC1.CC1=C(CCC2(C)OCCO2)[C@@H]2CC[C@H](O[Si](C)(C)C(C)(C)C)[C@@]2(C)CC1.S.S=S.S=S=S.S=S=S=S. The molecular weight excluding hydrogens is 2200 g/mol. The highest BCUT2D eigenvalue weighted by molar-refractivity contribution is 9.09. The molecule has 5 aliphatic heterocycles. The second-order valence-corrected chi connectivity index (χ2v) is 84.2. The van der Waals surface area contributed by atoms with Crippen LogP contribution in [0.25, 0.3) is 0 Å². The van der Waals surface area contributed by atoms with Crippen molar-refractivity contribution in [1.29, 1.82) is 0 Å². The van der Waals surface area contributed by atoms with Crippen molar-refractivity contribution in [3.8, 4) is 0 Å². The van der Waals surface area contributed by atoms with E-state index < -0.39 is 58.8 Å². The largest absolute Gasteiger partial charge is 0.413 e. The second-order valence-electron chi connectivity index (χ2n) is 54.3. The van der Waals surface area contributed by atoms with E-state index in [4.69, 9.17) is 69.5 Å². The first kappa shape index (κ1) is 140. The summed E-state index contributed by atoms with van der Waals surface area (Å²) in [5, 5.41) is 13.7. The number of fused-ring (bicyclic) bond motifs is 5. The van der Waals surface area contributed by atoms with Gasteiger partial charge in [0.2, 0.25) is 12.4 Å². The number of rotatable bonds is 24. The number of allylic oxidation sites excluding steroid dienone is 6. The van der Waals surface area contributed by atoms with Gasteiger partial charge in [-0.05, 0) is 314 Å². The lowest BCUT2D eigenvalue weighted by atomic mass is 9.59. The van der Waals surface area contributed by atoms with Gasteiger partial charge < -0.3 is 69.9 Å². The Labute approximate surface area is 959 Å². The number of alkyl halides is 1. The fraction of sp³-hybridized carbons (Fsp3) is 0.894. The van der Waals surface area contributed by atoms with E-state index >= 15 is 0 Å². The lowest BCUT2D eigenvalue weighted by Crippen LogP contribution is -2.58. The minimum absolute atomic E-state index is 0. The quantitative estimate of drug-likeness (QED) is 0.0412. The molecule has 11 fully saturated rings. The van der Waals surface area contributed by atoms with Gasteiger partial charge in [-0.2, -0.15) is 18.2 Å². The van der Waals surface area contributed by atoms with Crippen molar-refractivity contribution >= 4 is 182 Å². The molecule has 15 rings (SSSR count). The van der Waals surface area contributed by atoms with E-state index in [0.717, 1.165) is 149 Å². The Hall–Kier alpha value is 1.09. The zero-order valence-corrected chi connectivity index (χ0v) is 113. The number of ketones is 3. The van der Waals surface area contributed by atoms with Crippen LogP contribution >= 0.6 is 29.4 Å². The Morgan fingerprint density at radius 1 is 0.405 bits per heavy atom. The summed E-state index contributed by atoms with van der Waals surface area (Å²) in [4.78, 5) is 37.3. The molecule has 0 spiro atoms. The Morgan fingerprint density at radius 2 is 0.736 bits per heavy atom. The Kier molecular flexibility index (Phi) is 52.4. The molecule has 1 N–H and O–H groups in total. The van der Waals surface area contributed by atoms with Crippen molar-refractivity contribution in [2.24, 2.45) is 44.8 Å². The van der Waals surface area contributed by atoms with Crippen LogP contribution in [0, 0.1) is 51.4 Å². The summed E-state index contributed by atoms with van der Waals surface area (Å²) in [6.07, 6.45) is 31.3. The highest BCUT2D eigenvalue weighted by Crippen LogP contribution is 2.64. The molecular formula is C113H206BrO19S10Si5+. The molecule has 5 saturated heterocycles. The fourth-order valence-electron chi connectivity index (χ4n) is 24.1. The Balaban J connectivity index is 0.000000312. The van der Waals surface area contributed by atoms with E-state index in [-0.39, 0.29) is 104 Å². The molecule has 0 aromatic carbocycles. The predicted octanol–water partition coefficient (Wildman–Crippen LogP) is 29.6. The summed E-state index contributed by atoms with van der Waals surface area (Å²) in [5.74, 6) is -0.409. The molecule has 10 aliphatic carbocycles. The maximum absolute atomic E-state index is 12.9. The van der Waals surface area contributed by atoms with Crippen molar-refractivity contribution in [2.45, 2.75) is 536 Å². The van der Waals surface area contributed by atoms with Gasteiger partial charge in [0.15, 0.2) is 82.1 Å². The first-order valence-corrected chi connectivity index (χ1v) is 78.7. The van der Waals surface area contributed by atoms with E-state index in [1.807, 2.05) is 26.8 Å². The zero-order chi connectivity index (χ0) is 111. The number of aliphatic hydroxyl groups is 1. The lowest BCUT2D eigenvalue weighted by molar-refractivity contribution is -0.180. The number of hydrogen-bond donors (Lipinski definition) is 1. The normalized spacial score (nSPS) is 32.0. The van der Waals surface area contributed by atoms with Gasteiger partial charge >= 0.3 is 0 Å². The van der Waals surface area contributed by atoms with Crippen LogP contribution in [0.4, 0.5) is 0 Å². The van der Waals surface area contributed by atoms with Crippen LogP contribution in [0.1, 0.15) is 381 Å². The summed E-state index contributed by atoms with van der Waals surface area (Å²) in [7, 11) is -5.69. The number of Topliss-reactive ketones (excluding diaryl/α,β-unsaturated/α-hetero) is 2. The molecule has 0 aromatic rings. The average molecular weight is 2410 g/mol. The summed E-state index contributed by atoms with van der Waals surface area (Å²) in [6, 6.07) is 0. The first-order chi connectivity index (χ1) is 67.0. The fourth-order valence-corrected chi connectivity index (χ4v) is 32.1. The lowest BCUT2D eigenvalue weighted by Gasteiger charge is -2.51. The third kappa shape index (κ3) is 34.6. The summed E-state index contributed by atoms with van der Waals surface area (Å²) < 4.78 is 91.2. The molecule has 858 valence electrons. The molecule has 0 radical (unpaired) electrons. The van der Waals surface area contributed by atoms with Gasteiger partial charge in [0.25, 0.3) is 6.61 Å². The molecule has 0 aromatic heterocycles. The topological polar surface area (TPSA) is 210 Å². The van der Waals surface area contributed by atoms with E-state index in [9.17, 15) is 19.5 Å². The average Bonchev–Trinajstić information content (AvgIpc) is 1.57.